The number of nitrogens with zero attached hydrogens (tertiary/aromatic N) is 1. The average Bonchev–Trinajstić information content (AvgIpc) is 2.40. The minimum atomic E-state index is -0.127. The van der Waals surface area contributed by atoms with E-state index in [1.807, 2.05) is 19.1 Å². The van der Waals surface area contributed by atoms with Crippen molar-refractivity contribution in [3.63, 3.8) is 0 Å². The molecule has 0 amide bonds. The normalized spacial score (nSPS) is 21.6. The maximum atomic E-state index is 5.89. The van der Waals surface area contributed by atoms with Gasteiger partial charge in [0.15, 0.2) is 6.29 Å². The molecule has 2 rings (SSSR count). The third-order valence-corrected chi connectivity index (χ3v) is 3.61. The molecular formula is C13H18BrNO3. The number of hydrogen-bond donors (Lipinski definition) is 0. The predicted molar refractivity (Wildman–Crippen MR) is 71.6 cm³/mol. The average molecular weight is 316 g/mol. The van der Waals surface area contributed by atoms with E-state index in [2.05, 4.69) is 20.9 Å². The van der Waals surface area contributed by atoms with Crippen molar-refractivity contribution >= 4 is 15.9 Å². The molecule has 4 nitrogen and oxygen atoms in total. The van der Waals surface area contributed by atoms with Crippen molar-refractivity contribution in [1.82, 2.24) is 4.98 Å². The van der Waals surface area contributed by atoms with E-state index < -0.39 is 0 Å². The highest BCUT2D eigenvalue weighted by Gasteiger charge is 2.20. The summed E-state index contributed by atoms with van der Waals surface area (Å²) in [5, 5.41) is 0. The molecule has 0 radical (unpaired) electrons. The highest BCUT2D eigenvalue weighted by molar-refractivity contribution is 9.10. The molecule has 2 unspecified atom stereocenters. The molecule has 0 bridgehead atoms. The van der Waals surface area contributed by atoms with Gasteiger partial charge in [-0.2, -0.15) is 0 Å². The third-order valence-electron chi connectivity index (χ3n) is 2.94. The Balaban J connectivity index is 2.04. The molecule has 0 aromatic carbocycles. The van der Waals surface area contributed by atoms with Gasteiger partial charge in [-0.1, -0.05) is 0 Å². The smallest absolute Gasteiger partial charge is 0.213 e. The Labute approximate surface area is 116 Å². The minimum Gasteiger partial charge on any atom is -0.481 e. The summed E-state index contributed by atoms with van der Waals surface area (Å²) in [5.74, 6) is 0.591. The van der Waals surface area contributed by atoms with Gasteiger partial charge in [0, 0.05) is 17.1 Å². The zero-order chi connectivity index (χ0) is 13.0. The van der Waals surface area contributed by atoms with Crippen LogP contribution in [-0.2, 0) is 9.47 Å². The second kappa shape index (κ2) is 6.50. The fraction of sp³-hybridized carbons (Fsp3) is 0.615. The highest BCUT2D eigenvalue weighted by Crippen LogP contribution is 2.29. The van der Waals surface area contributed by atoms with E-state index in [0.29, 0.717) is 5.88 Å². The number of pyridine rings is 1. The lowest BCUT2D eigenvalue weighted by Crippen LogP contribution is -2.24. The number of methoxy groups -OCH3 is 1. The molecule has 100 valence electrons. The Bertz CT molecular complexity index is 394. The lowest BCUT2D eigenvalue weighted by atomic mass is 10.2. The molecule has 2 atom stereocenters. The largest absolute Gasteiger partial charge is 0.481 e. The van der Waals surface area contributed by atoms with Crippen molar-refractivity contribution in [2.75, 3.05) is 13.7 Å². The first-order chi connectivity index (χ1) is 8.70. The molecule has 1 fully saturated rings. The molecule has 2 heterocycles. The van der Waals surface area contributed by atoms with Gasteiger partial charge in [-0.05, 0) is 48.2 Å². The lowest BCUT2D eigenvalue weighted by Gasteiger charge is -2.26. The van der Waals surface area contributed by atoms with Gasteiger partial charge in [0.2, 0.25) is 5.88 Å². The lowest BCUT2D eigenvalue weighted by molar-refractivity contribution is -0.187. The topological polar surface area (TPSA) is 40.6 Å². The standard InChI is InChI=1S/C13H18BrNO3/c1-9(18-12-5-3-4-8-17-12)13-10(14)6-7-11(15-13)16-2/h6-7,9,12H,3-5,8H2,1-2H3. The first-order valence-corrected chi connectivity index (χ1v) is 6.97. The molecule has 0 N–H and O–H groups in total. The molecular weight excluding hydrogens is 298 g/mol. The Morgan fingerprint density at radius 2 is 2.28 bits per heavy atom. The van der Waals surface area contributed by atoms with E-state index in [1.54, 1.807) is 7.11 Å². The van der Waals surface area contributed by atoms with Crippen LogP contribution in [0.15, 0.2) is 16.6 Å². The summed E-state index contributed by atoms with van der Waals surface area (Å²) in [6.45, 7) is 2.76. The van der Waals surface area contributed by atoms with Crippen LogP contribution >= 0.6 is 15.9 Å². The number of ether oxygens (including phenoxy) is 3. The van der Waals surface area contributed by atoms with Crippen molar-refractivity contribution in [2.24, 2.45) is 0 Å². The molecule has 5 heteroatoms. The SMILES string of the molecule is COc1ccc(Br)c(C(C)OC2CCCCO2)n1. The second-order valence-corrected chi connectivity index (χ2v) is 5.15. The monoisotopic (exact) mass is 315 g/mol. The van der Waals surface area contributed by atoms with Crippen LogP contribution in [0.3, 0.4) is 0 Å². The Morgan fingerprint density at radius 1 is 1.44 bits per heavy atom. The molecule has 1 saturated heterocycles. The van der Waals surface area contributed by atoms with Gasteiger partial charge >= 0.3 is 0 Å². The summed E-state index contributed by atoms with van der Waals surface area (Å²) in [7, 11) is 1.61. The van der Waals surface area contributed by atoms with Crippen LogP contribution in [0.25, 0.3) is 0 Å². The molecule has 1 aliphatic rings. The van der Waals surface area contributed by atoms with Crippen molar-refractivity contribution in [3.8, 4) is 5.88 Å². The summed E-state index contributed by atoms with van der Waals surface area (Å²) >= 11 is 3.49. The molecule has 0 aliphatic carbocycles. The van der Waals surface area contributed by atoms with Crippen molar-refractivity contribution in [1.29, 1.82) is 0 Å². The quantitative estimate of drug-likeness (QED) is 0.853. The Morgan fingerprint density at radius 3 is 2.94 bits per heavy atom. The van der Waals surface area contributed by atoms with E-state index in [0.717, 1.165) is 36.0 Å². The minimum absolute atomic E-state index is 0.117. The van der Waals surface area contributed by atoms with Crippen molar-refractivity contribution in [2.45, 2.75) is 38.6 Å². The van der Waals surface area contributed by atoms with Crippen molar-refractivity contribution in [3.05, 3.63) is 22.3 Å². The van der Waals surface area contributed by atoms with Gasteiger partial charge in [0.1, 0.15) is 6.10 Å². The summed E-state index contributed by atoms with van der Waals surface area (Å²) in [4.78, 5) is 4.41. The maximum Gasteiger partial charge on any atom is 0.213 e. The Hall–Kier alpha value is -0.650. The van der Waals surface area contributed by atoms with Crippen LogP contribution in [0.2, 0.25) is 0 Å². The van der Waals surface area contributed by atoms with Crippen LogP contribution in [0.5, 0.6) is 5.88 Å². The van der Waals surface area contributed by atoms with E-state index in [-0.39, 0.29) is 12.4 Å². The summed E-state index contributed by atoms with van der Waals surface area (Å²) < 4.78 is 17.5. The van der Waals surface area contributed by atoms with E-state index in [9.17, 15) is 0 Å². The van der Waals surface area contributed by atoms with Gasteiger partial charge in [-0.3, -0.25) is 0 Å². The number of halogens is 1. The van der Waals surface area contributed by atoms with E-state index >= 15 is 0 Å². The van der Waals surface area contributed by atoms with E-state index in [4.69, 9.17) is 14.2 Å². The Kier molecular flexibility index (Phi) is 4.97. The van der Waals surface area contributed by atoms with Gasteiger partial charge in [-0.15, -0.1) is 0 Å². The molecule has 1 aromatic rings. The van der Waals surface area contributed by atoms with Crippen LogP contribution < -0.4 is 4.74 Å². The van der Waals surface area contributed by atoms with Crippen LogP contribution in [0, 0.1) is 0 Å². The summed E-state index contributed by atoms with van der Waals surface area (Å²) in [5.41, 5.74) is 0.837. The maximum absolute atomic E-state index is 5.89. The number of hydrogen-bond acceptors (Lipinski definition) is 4. The first-order valence-electron chi connectivity index (χ1n) is 6.18. The zero-order valence-electron chi connectivity index (χ0n) is 10.7. The fourth-order valence-electron chi connectivity index (χ4n) is 1.95. The van der Waals surface area contributed by atoms with Crippen LogP contribution in [0.4, 0.5) is 0 Å². The van der Waals surface area contributed by atoms with Crippen molar-refractivity contribution < 1.29 is 14.2 Å². The first kappa shape index (κ1) is 13.8. The highest BCUT2D eigenvalue weighted by atomic mass is 79.9. The third kappa shape index (κ3) is 3.43. The van der Waals surface area contributed by atoms with E-state index in [1.165, 1.54) is 0 Å². The fourth-order valence-corrected chi connectivity index (χ4v) is 2.49. The number of rotatable bonds is 4. The van der Waals surface area contributed by atoms with Gasteiger partial charge < -0.3 is 14.2 Å². The predicted octanol–water partition coefficient (Wildman–Crippen LogP) is 3.46. The zero-order valence-corrected chi connectivity index (χ0v) is 12.3. The van der Waals surface area contributed by atoms with Gasteiger partial charge in [0.05, 0.1) is 12.8 Å². The summed E-state index contributed by atoms with van der Waals surface area (Å²) in [6.07, 6.45) is 2.98. The molecule has 0 spiro atoms. The second-order valence-electron chi connectivity index (χ2n) is 4.30. The summed E-state index contributed by atoms with van der Waals surface area (Å²) in [6, 6.07) is 3.74. The van der Waals surface area contributed by atoms with Gasteiger partial charge in [0.25, 0.3) is 0 Å². The van der Waals surface area contributed by atoms with Crippen LogP contribution in [-0.4, -0.2) is 25.0 Å². The van der Waals surface area contributed by atoms with Crippen LogP contribution in [0.1, 0.15) is 38.0 Å². The molecule has 18 heavy (non-hydrogen) atoms. The molecule has 1 aliphatic heterocycles. The number of aromatic nitrogens is 1. The molecule has 0 saturated carbocycles. The van der Waals surface area contributed by atoms with Gasteiger partial charge in [-0.25, -0.2) is 4.98 Å². The molecule has 1 aromatic heterocycles.